The Morgan fingerprint density at radius 2 is 2.11 bits per heavy atom. The molecule has 1 aliphatic rings. The average molecular weight is 270 g/mol. The third-order valence-electron chi connectivity index (χ3n) is 2.96. The standard InChI is InChI=1S/C13H22N2O4/c1-2-19-13(18)7-8-14-11(16)10-15-9-5-3-4-6-12(15)17/h2-10H2,1H3,(H,14,16). The Morgan fingerprint density at radius 3 is 2.84 bits per heavy atom. The number of hydrogen-bond acceptors (Lipinski definition) is 4. The topological polar surface area (TPSA) is 75.7 Å². The third kappa shape index (κ3) is 6.22. The van der Waals surface area contributed by atoms with Crippen LogP contribution in [0.5, 0.6) is 0 Å². The minimum absolute atomic E-state index is 0.0399. The fourth-order valence-electron chi connectivity index (χ4n) is 1.97. The molecule has 0 aromatic heterocycles. The predicted octanol–water partition coefficient (Wildman–Crippen LogP) is 0.458. The van der Waals surface area contributed by atoms with Crippen molar-refractivity contribution in [1.82, 2.24) is 10.2 Å². The van der Waals surface area contributed by atoms with E-state index in [0.717, 1.165) is 19.3 Å². The Bertz CT molecular complexity index is 331. The molecule has 0 saturated carbocycles. The SMILES string of the molecule is CCOC(=O)CCNC(=O)CN1CCCCCC1=O. The van der Waals surface area contributed by atoms with Crippen molar-refractivity contribution in [2.75, 3.05) is 26.2 Å². The molecule has 0 aliphatic carbocycles. The minimum atomic E-state index is -0.325. The summed E-state index contributed by atoms with van der Waals surface area (Å²) in [7, 11) is 0. The third-order valence-corrected chi connectivity index (χ3v) is 2.96. The molecule has 1 saturated heterocycles. The molecule has 0 atom stereocenters. The quantitative estimate of drug-likeness (QED) is 0.711. The second-order valence-electron chi connectivity index (χ2n) is 4.53. The minimum Gasteiger partial charge on any atom is -0.466 e. The highest BCUT2D eigenvalue weighted by Gasteiger charge is 2.18. The van der Waals surface area contributed by atoms with Gasteiger partial charge in [0, 0.05) is 19.5 Å². The number of amides is 2. The average Bonchev–Trinajstić information content (AvgIpc) is 2.55. The fraction of sp³-hybridized carbons (Fsp3) is 0.769. The lowest BCUT2D eigenvalue weighted by atomic mass is 10.2. The van der Waals surface area contributed by atoms with Crippen LogP contribution in [0.4, 0.5) is 0 Å². The summed E-state index contributed by atoms with van der Waals surface area (Å²) in [5.74, 6) is -0.508. The van der Waals surface area contributed by atoms with Gasteiger partial charge in [-0.25, -0.2) is 0 Å². The molecule has 1 aliphatic heterocycles. The maximum atomic E-state index is 11.7. The lowest BCUT2D eigenvalue weighted by molar-refractivity contribution is -0.143. The molecule has 19 heavy (non-hydrogen) atoms. The van der Waals surface area contributed by atoms with Crippen LogP contribution < -0.4 is 5.32 Å². The number of esters is 1. The first-order valence-electron chi connectivity index (χ1n) is 6.83. The lowest BCUT2D eigenvalue weighted by Crippen LogP contribution is -2.41. The van der Waals surface area contributed by atoms with Gasteiger partial charge in [-0.1, -0.05) is 6.42 Å². The molecule has 0 aromatic carbocycles. The van der Waals surface area contributed by atoms with Gasteiger partial charge < -0.3 is 15.0 Å². The van der Waals surface area contributed by atoms with Gasteiger partial charge in [-0.05, 0) is 19.8 Å². The molecule has 1 fully saturated rings. The van der Waals surface area contributed by atoms with Crippen LogP contribution in [0.2, 0.25) is 0 Å². The number of carbonyl (C=O) groups excluding carboxylic acids is 3. The van der Waals surface area contributed by atoms with Gasteiger partial charge in [0.25, 0.3) is 0 Å². The molecule has 1 N–H and O–H groups in total. The van der Waals surface area contributed by atoms with Crippen LogP contribution in [0.1, 0.15) is 39.0 Å². The number of nitrogens with one attached hydrogen (secondary N) is 1. The summed E-state index contributed by atoms with van der Waals surface area (Å²) in [5, 5.41) is 2.63. The molecule has 0 radical (unpaired) electrons. The smallest absolute Gasteiger partial charge is 0.307 e. The zero-order valence-corrected chi connectivity index (χ0v) is 11.4. The van der Waals surface area contributed by atoms with Gasteiger partial charge in [-0.3, -0.25) is 14.4 Å². The first-order chi connectivity index (χ1) is 9.13. The van der Waals surface area contributed by atoms with Crippen LogP contribution >= 0.6 is 0 Å². The van der Waals surface area contributed by atoms with Crippen LogP contribution in [-0.2, 0) is 19.1 Å². The molecule has 0 aromatic rings. The number of hydrogen-bond donors (Lipinski definition) is 1. The number of carbonyl (C=O) groups is 3. The first-order valence-corrected chi connectivity index (χ1v) is 6.83. The molecular weight excluding hydrogens is 248 g/mol. The molecule has 6 nitrogen and oxygen atoms in total. The van der Waals surface area contributed by atoms with Crippen LogP contribution in [-0.4, -0.2) is 48.9 Å². The summed E-state index contributed by atoms with van der Waals surface area (Å²) in [5.41, 5.74) is 0. The van der Waals surface area contributed by atoms with Gasteiger partial charge in [0.2, 0.25) is 11.8 Å². The molecule has 108 valence electrons. The molecule has 0 spiro atoms. The lowest BCUT2D eigenvalue weighted by Gasteiger charge is -2.19. The summed E-state index contributed by atoms with van der Waals surface area (Å²) < 4.78 is 4.75. The molecule has 1 rings (SSSR count). The molecule has 6 heteroatoms. The molecule has 0 bridgehead atoms. The van der Waals surface area contributed by atoms with Crippen molar-refractivity contribution in [2.24, 2.45) is 0 Å². The van der Waals surface area contributed by atoms with E-state index in [-0.39, 0.29) is 37.3 Å². The maximum absolute atomic E-state index is 11.7. The predicted molar refractivity (Wildman–Crippen MR) is 69.3 cm³/mol. The van der Waals surface area contributed by atoms with Crippen LogP contribution in [0, 0.1) is 0 Å². The van der Waals surface area contributed by atoms with E-state index in [0.29, 0.717) is 19.6 Å². The van der Waals surface area contributed by atoms with Gasteiger partial charge in [0.1, 0.15) is 0 Å². The van der Waals surface area contributed by atoms with Gasteiger partial charge in [-0.2, -0.15) is 0 Å². The van der Waals surface area contributed by atoms with E-state index in [4.69, 9.17) is 4.74 Å². The Hall–Kier alpha value is -1.59. The zero-order valence-electron chi connectivity index (χ0n) is 11.4. The highest BCUT2D eigenvalue weighted by Crippen LogP contribution is 2.10. The molecule has 2 amide bonds. The van der Waals surface area contributed by atoms with Gasteiger partial charge in [0.15, 0.2) is 0 Å². The summed E-state index contributed by atoms with van der Waals surface area (Å²) in [4.78, 5) is 36.0. The number of rotatable bonds is 6. The Kier molecular flexibility index (Phi) is 6.92. The highest BCUT2D eigenvalue weighted by atomic mass is 16.5. The van der Waals surface area contributed by atoms with Crippen molar-refractivity contribution in [3.8, 4) is 0 Å². The summed E-state index contributed by atoms with van der Waals surface area (Å²) in [6.07, 6.45) is 3.57. The molecular formula is C13H22N2O4. The largest absolute Gasteiger partial charge is 0.466 e. The van der Waals surface area contributed by atoms with Crippen LogP contribution in [0.3, 0.4) is 0 Å². The Balaban J connectivity index is 2.22. The van der Waals surface area contributed by atoms with Crippen molar-refractivity contribution in [2.45, 2.75) is 39.0 Å². The van der Waals surface area contributed by atoms with E-state index in [1.54, 1.807) is 11.8 Å². The van der Waals surface area contributed by atoms with Gasteiger partial charge >= 0.3 is 5.97 Å². The normalized spacial score (nSPS) is 15.8. The van der Waals surface area contributed by atoms with E-state index in [9.17, 15) is 14.4 Å². The van der Waals surface area contributed by atoms with Crippen molar-refractivity contribution in [1.29, 1.82) is 0 Å². The van der Waals surface area contributed by atoms with Crippen LogP contribution in [0.15, 0.2) is 0 Å². The summed E-state index contributed by atoms with van der Waals surface area (Å²) in [6, 6.07) is 0. The van der Waals surface area contributed by atoms with Crippen molar-refractivity contribution in [3.05, 3.63) is 0 Å². The van der Waals surface area contributed by atoms with E-state index in [1.807, 2.05) is 0 Å². The van der Waals surface area contributed by atoms with Crippen LogP contribution in [0.25, 0.3) is 0 Å². The van der Waals surface area contributed by atoms with E-state index in [1.165, 1.54) is 0 Å². The van der Waals surface area contributed by atoms with E-state index in [2.05, 4.69) is 5.32 Å². The molecule has 0 unspecified atom stereocenters. The van der Waals surface area contributed by atoms with Crippen molar-refractivity contribution < 1.29 is 19.1 Å². The van der Waals surface area contributed by atoms with Gasteiger partial charge in [-0.15, -0.1) is 0 Å². The van der Waals surface area contributed by atoms with Crippen molar-refractivity contribution >= 4 is 17.8 Å². The van der Waals surface area contributed by atoms with E-state index >= 15 is 0 Å². The number of nitrogens with zero attached hydrogens (tertiary/aromatic N) is 1. The number of ether oxygens (including phenoxy) is 1. The van der Waals surface area contributed by atoms with Crippen molar-refractivity contribution in [3.63, 3.8) is 0 Å². The maximum Gasteiger partial charge on any atom is 0.307 e. The monoisotopic (exact) mass is 270 g/mol. The Morgan fingerprint density at radius 1 is 1.32 bits per heavy atom. The second kappa shape index (κ2) is 8.50. The zero-order chi connectivity index (χ0) is 14.1. The Labute approximate surface area is 113 Å². The number of likely N-dealkylation sites (tertiary alicyclic amines) is 1. The highest BCUT2D eigenvalue weighted by molar-refractivity contribution is 5.85. The van der Waals surface area contributed by atoms with Gasteiger partial charge in [0.05, 0.1) is 19.6 Å². The fourth-order valence-corrected chi connectivity index (χ4v) is 1.97. The summed E-state index contributed by atoms with van der Waals surface area (Å²) in [6.45, 7) is 3.06. The first kappa shape index (κ1) is 15.5. The van der Waals surface area contributed by atoms with E-state index < -0.39 is 0 Å². The molecule has 1 heterocycles. The second-order valence-corrected chi connectivity index (χ2v) is 4.53. The summed E-state index contributed by atoms with van der Waals surface area (Å²) >= 11 is 0.